The average molecular weight is 200 g/mol. The summed E-state index contributed by atoms with van der Waals surface area (Å²) in [6, 6.07) is 0. The van der Waals surface area contributed by atoms with E-state index in [0.717, 1.165) is 0 Å². The van der Waals surface area contributed by atoms with Gasteiger partial charge in [-0.25, -0.2) is 0 Å². The van der Waals surface area contributed by atoms with Gasteiger partial charge in [-0.1, -0.05) is 13.8 Å². The molecule has 4 nitrogen and oxygen atoms in total. The van der Waals surface area contributed by atoms with Gasteiger partial charge in [-0.05, 0) is 25.7 Å². The fourth-order valence-electron chi connectivity index (χ4n) is 2.68. The molecule has 1 saturated carbocycles. The van der Waals surface area contributed by atoms with E-state index in [1.54, 1.807) is 13.8 Å². The summed E-state index contributed by atoms with van der Waals surface area (Å²) in [5.41, 5.74) is -2.07. The van der Waals surface area contributed by atoms with Crippen molar-refractivity contribution in [1.29, 1.82) is 0 Å². The van der Waals surface area contributed by atoms with Crippen LogP contribution in [0.4, 0.5) is 0 Å². The monoisotopic (exact) mass is 200 g/mol. The highest BCUT2D eigenvalue weighted by Crippen LogP contribution is 2.61. The lowest BCUT2D eigenvalue weighted by molar-refractivity contribution is -0.194. The first kappa shape index (κ1) is 11.0. The van der Waals surface area contributed by atoms with E-state index in [1.807, 2.05) is 0 Å². The Labute approximate surface area is 82.9 Å². The van der Waals surface area contributed by atoms with Gasteiger partial charge in [0.15, 0.2) is 0 Å². The lowest BCUT2D eigenvalue weighted by Crippen LogP contribution is -2.59. The molecule has 1 aliphatic carbocycles. The van der Waals surface area contributed by atoms with Gasteiger partial charge in [-0.2, -0.15) is 0 Å². The molecule has 80 valence electrons. The Balaban J connectivity index is 3.11. The predicted octanol–water partition coefficient (Wildman–Crippen LogP) is 1.74. The first-order valence-electron chi connectivity index (χ1n) is 4.93. The van der Waals surface area contributed by atoms with Crippen LogP contribution in [0.1, 0.15) is 39.5 Å². The van der Waals surface area contributed by atoms with E-state index in [4.69, 9.17) is 10.2 Å². The minimum Gasteiger partial charge on any atom is -0.481 e. The molecule has 0 aromatic rings. The number of hydrogen-bond acceptors (Lipinski definition) is 2. The molecule has 2 N–H and O–H groups in total. The van der Waals surface area contributed by atoms with Crippen LogP contribution >= 0.6 is 0 Å². The van der Waals surface area contributed by atoms with Gasteiger partial charge < -0.3 is 10.2 Å². The van der Waals surface area contributed by atoms with Crippen molar-refractivity contribution in [3.63, 3.8) is 0 Å². The lowest BCUT2D eigenvalue weighted by atomic mass is 9.47. The maximum Gasteiger partial charge on any atom is 0.310 e. The minimum atomic E-state index is -1.03. The zero-order valence-corrected chi connectivity index (χ0v) is 8.54. The molecule has 4 heteroatoms. The zero-order chi connectivity index (χ0) is 11.0. The maximum absolute atomic E-state index is 11.2. The van der Waals surface area contributed by atoms with E-state index in [1.165, 1.54) is 0 Å². The third kappa shape index (κ3) is 0.996. The van der Waals surface area contributed by atoms with Crippen LogP contribution in [0.25, 0.3) is 0 Å². The molecule has 0 saturated heterocycles. The van der Waals surface area contributed by atoms with Gasteiger partial charge in [0.25, 0.3) is 0 Å². The first-order valence-corrected chi connectivity index (χ1v) is 4.93. The molecule has 0 aromatic heterocycles. The highest BCUT2D eigenvalue weighted by Gasteiger charge is 2.66. The topological polar surface area (TPSA) is 74.6 Å². The van der Waals surface area contributed by atoms with Crippen molar-refractivity contribution in [3.05, 3.63) is 0 Å². The third-order valence-corrected chi connectivity index (χ3v) is 3.92. The van der Waals surface area contributed by atoms with Crippen LogP contribution in [-0.4, -0.2) is 22.2 Å². The van der Waals surface area contributed by atoms with Crippen LogP contribution in [0.3, 0.4) is 0 Å². The van der Waals surface area contributed by atoms with Crippen molar-refractivity contribution < 1.29 is 19.8 Å². The smallest absolute Gasteiger partial charge is 0.310 e. The summed E-state index contributed by atoms with van der Waals surface area (Å²) in [6.07, 6.45) is 1.75. The van der Waals surface area contributed by atoms with Crippen LogP contribution in [0.15, 0.2) is 0 Å². The minimum absolute atomic E-state index is 0.391. The number of rotatable bonds is 4. The summed E-state index contributed by atoms with van der Waals surface area (Å²) in [5.74, 6) is -1.92. The highest BCUT2D eigenvalue weighted by atomic mass is 16.4. The van der Waals surface area contributed by atoms with Crippen LogP contribution in [0.5, 0.6) is 0 Å². The molecular formula is C10H16O4. The van der Waals surface area contributed by atoms with Gasteiger partial charge in [0.1, 0.15) is 0 Å². The second-order valence-corrected chi connectivity index (χ2v) is 3.98. The molecule has 14 heavy (non-hydrogen) atoms. The van der Waals surface area contributed by atoms with E-state index in [2.05, 4.69) is 0 Å². The first-order chi connectivity index (χ1) is 6.47. The fraction of sp³-hybridized carbons (Fsp3) is 0.800. The van der Waals surface area contributed by atoms with E-state index in [0.29, 0.717) is 25.7 Å². The summed E-state index contributed by atoms with van der Waals surface area (Å²) in [7, 11) is 0. The van der Waals surface area contributed by atoms with Gasteiger partial charge in [-0.3, -0.25) is 9.59 Å². The average Bonchev–Trinajstić information content (AvgIpc) is 2.04. The Morgan fingerprint density at radius 3 is 1.36 bits per heavy atom. The number of aliphatic carboxylic acids is 2. The van der Waals surface area contributed by atoms with Crippen molar-refractivity contribution in [3.8, 4) is 0 Å². The van der Waals surface area contributed by atoms with Crippen molar-refractivity contribution in [2.45, 2.75) is 39.5 Å². The summed E-state index contributed by atoms with van der Waals surface area (Å²) in [4.78, 5) is 22.3. The molecule has 1 fully saturated rings. The Kier molecular flexibility index (Phi) is 2.56. The quantitative estimate of drug-likeness (QED) is 0.724. The molecule has 0 bridgehead atoms. The van der Waals surface area contributed by atoms with Gasteiger partial charge in [-0.15, -0.1) is 0 Å². The molecule has 1 rings (SSSR count). The number of hydrogen-bond donors (Lipinski definition) is 2. The van der Waals surface area contributed by atoms with Crippen molar-refractivity contribution in [2.24, 2.45) is 10.8 Å². The van der Waals surface area contributed by atoms with Crippen LogP contribution in [0, 0.1) is 10.8 Å². The molecule has 0 spiro atoms. The SMILES string of the molecule is CCC1(C(=O)O)CCC1(CC)C(=O)O. The number of carboxylic acid groups (broad SMARTS) is 2. The second kappa shape index (κ2) is 3.26. The molecule has 2 atom stereocenters. The normalized spacial score (nSPS) is 36.1. The maximum atomic E-state index is 11.2. The standard InChI is InChI=1S/C10H16O4/c1-3-9(7(11)12)5-6-10(9,4-2)8(13)14/h3-6H2,1-2H3,(H,11,12)(H,13,14). The fourth-order valence-corrected chi connectivity index (χ4v) is 2.68. The Morgan fingerprint density at radius 1 is 1.00 bits per heavy atom. The number of carboxylic acids is 2. The van der Waals surface area contributed by atoms with Crippen LogP contribution in [-0.2, 0) is 9.59 Å². The van der Waals surface area contributed by atoms with Gasteiger partial charge in [0, 0.05) is 0 Å². The van der Waals surface area contributed by atoms with Crippen molar-refractivity contribution in [2.75, 3.05) is 0 Å². The predicted molar refractivity (Wildman–Crippen MR) is 50.0 cm³/mol. The molecule has 1 aliphatic rings. The molecule has 0 radical (unpaired) electrons. The molecule has 2 unspecified atom stereocenters. The summed E-state index contributed by atoms with van der Waals surface area (Å²) in [5, 5.41) is 18.3. The largest absolute Gasteiger partial charge is 0.481 e. The summed E-state index contributed by atoms with van der Waals surface area (Å²) < 4.78 is 0. The van der Waals surface area contributed by atoms with Crippen LogP contribution in [0.2, 0.25) is 0 Å². The van der Waals surface area contributed by atoms with E-state index < -0.39 is 22.8 Å². The van der Waals surface area contributed by atoms with E-state index in [-0.39, 0.29) is 0 Å². The van der Waals surface area contributed by atoms with Crippen LogP contribution < -0.4 is 0 Å². The molecule has 0 amide bonds. The van der Waals surface area contributed by atoms with Crippen molar-refractivity contribution in [1.82, 2.24) is 0 Å². The Morgan fingerprint density at radius 2 is 1.29 bits per heavy atom. The second-order valence-electron chi connectivity index (χ2n) is 3.98. The highest BCUT2D eigenvalue weighted by molar-refractivity contribution is 5.88. The molecular weight excluding hydrogens is 184 g/mol. The third-order valence-electron chi connectivity index (χ3n) is 3.92. The summed E-state index contributed by atoms with van der Waals surface area (Å²) in [6.45, 7) is 3.50. The molecule has 0 heterocycles. The Hall–Kier alpha value is -1.06. The van der Waals surface area contributed by atoms with Gasteiger partial charge >= 0.3 is 11.9 Å². The summed E-state index contributed by atoms with van der Waals surface area (Å²) >= 11 is 0. The zero-order valence-electron chi connectivity index (χ0n) is 8.54. The van der Waals surface area contributed by atoms with E-state index >= 15 is 0 Å². The van der Waals surface area contributed by atoms with Gasteiger partial charge in [0.2, 0.25) is 0 Å². The molecule has 0 aromatic carbocycles. The van der Waals surface area contributed by atoms with E-state index in [9.17, 15) is 9.59 Å². The Bertz CT molecular complexity index is 237. The lowest BCUT2D eigenvalue weighted by Gasteiger charge is -2.53. The van der Waals surface area contributed by atoms with Crippen molar-refractivity contribution >= 4 is 11.9 Å². The number of carbonyl (C=O) groups is 2. The molecule has 0 aliphatic heterocycles. The van der Waals surface area contributed by atoms with Gasteiger partial charge in [0.05, 0.1) is 10.8 Å².